The molecule has 1 unspecified atom stereocenters. The Morgan fingerprint density at radius 1 is 1.10 bits per heavy atom. The molecular weight excluding hydrogens is 393 g/mol. The van der Waals surface area contributed by atoms with Gasteiger partial charge in [0.2, 0.25) is 0 Å². The lowest BCUT2D eigenvalue weighted by Crippen LogP contribution is -2.61. The number of nitrogens with zero attached hydrogens (tertiary/aromatic N) is 3. The van der Waals surface area contributed by atoms with Crippen LogP contribution in [0.25, 0.3) is 0 Å². The van der Waals surface area contributed by atoms with Gasteiger partial charge < -0.3 is 14.5 Å². The van der Waals surface area contributed by atoms with Gasteiger partial charge in [-0.3, -0.25) is 9.69 Å². The average Bonchev–Trinajstić information content (AvgIpc) is 2.77. The average molecular weight is 426 g/mol. The molecule has 2 fully saturated rings. The maximum atomic E-state index is 13.2. The molecule has 166 valence electrons. The lowest BCUT2D eigenvalue weighted by Gasteiger charge is -2.49. The maximum Gasteiger partial charge on any atom is 0.253 e. The van der Waals surface area contributed by atoms with Gasteiger partial charge in [-0.2, -0.15) is 0 Å². The molecule has 2 aromatic rings. The molecule has 1 amide bonds. The predicted molar refractivity (Wildman–Crippen MR) is 119 cm³/mol. The van der Waals surface area contributed by atoms with E-state index in [2.05, 4.69) is 16.8 Å². The van der Waals surface area contributed by atoms with Crippen molar-refractivity contribution in [3.05, 3.63) is 71.5 Å². The van der Waals surface area contributed by atoms with Gasteiger partial charge in [-0.1, -0.05) is 42.5 Å². The van der Waals surface area contributed by atoms with Crippen LogP contribution in [0.15, 0.2) is 54.6 Å². The maximum absolute atomic E-state index is 13.2. The monoisotopic (exact) mass is 425 g/mol. The minimum atomic E-state index is -0.434. The zero-order valence-electron chi connectivity index (χ0n) is 18.5. The first-order valence-corrected chi connectivity index (χ1v) is 11.0. The summed E-state index contributed by atoms with van der Waals surface area (Å²) < 4.78 is 19.7. The molecule has 0 bridgehead atoms. The normalized spacial score (nSPS) is 21.8. The van der Waals surface area contributed by atoms with Crippen LogP contribution < -0.4 is 0 Å². The highest BCUT2D eigenvalue weighted by molar-refractivity contribution is 5.81. The summed E-state index contributed by atoms with van der Waals surface area (Å²) in [7, 11) is 3.93. The number of rotatable bonds is 5. The predicted octanol–water partition coefficient (Wildman–Crippen LogP) is 3.15. The van der Waals surface area contributed by atoms with Crippen LogP contribution in [0.4, 0.5) is 4.39 Å². The van der Waals surface area contributed by atoms with Crippen molar-refractivity contribution in [3.8, 4) is 0 Å². The molecule has 2 aromatic carbocycles. The summed E-state index contributed by atoms with van der Waals surface area (Å²) in [6, 6.07) is 16.8. The summed E-state index contributed by atoms with van der Waals surface area (Å²) in [4.78, 5) is 19.5. The zero-order valence-corrected chi connectivity index (χ0v) is 18.5. The van der Waals surface area contributed by atoms with E-state index in [9.17, 15) is 9.18 Å². The topological polar surface area (TPSA) is 36.0 Å². The van der Waals surface area contributed by atoms with E-state index < -0.39 is 6.10 Å². The van der Waals surface area contributed by atoms with Crippen molar-refractivity contribution in [1.29, 1.82) is 0 Å². The minimum Gasteiger partial charge on any atom is -0.359 e. The fourth-order valence-electron chi connectivity index (χ4n) is 4.77. The van der Waals surface area contributed by atoms with Crippen LogP contribution in [0.1, 0.15) is 24.0 Å². The molecule has 31 heavy (non-hydrogen) atoms. The molecule has 1 atom stereocenters. The number of piperidine rings is 1. The second kappa shape index (κ2) is 9.47. The molecule has 4 rings (SSSR count). The van der Waals surface area contributed by atoms with Gasteiger partial charge in [-0.15, -0.1) is 0 Å². The van der Waals surface area contributed by atoms with E-state index in [-0.39, 0.29) is 17.3 Å². The summed E-state index contributed by atoms with van der Waals surface area (Å²) in [6.45, 7) is 4.69. The number of likely N-dealkylation sites (N-methyl/N-ethyl adjacent to an activating group) is 2. The quantitative estimate of drug-likeness (QED) is 0.738. The third kappa shape index (κ3) is 5.50. The van der Waals surface area contributed by atoms with Crippen molar-refractivity contribution in [2.45, 2.75) is 37.6 Å². The molecule has 0 N–H and O–H groups in total. The van der Waals surface area contributed by atoms with Gasteiger partial charge in [0.05, 0.1) is 5.60 Å². The van der Waals surface area contributed by atoms with Gasteiger partial charge in [0.15, 0.2) is 0 Å². The van der Waals surface area contributed by atoms with Crippen LogP contribution >= 0.6 is 0 Å². The van der Waals surface area contributed by atoms with Crippen LogP contribution in [0.5, 0.6) is 0 Å². The largest absolute Gasteiger partial charge is 0.359 e. The van der Waals surface area contributed by atoms with E-state index >= 15 is 0 Å². The van der Waals surface area contributed by atoms with Gasteiger partial charge in [0, 0.05) is 46.3 Å². The number of ether oxygens (including phenoxy) is 1. The van der Waals surface area contributed by atoms with Crippen LogP contribution in [0, 0.1) is 5.82 Å². The highest BCUT2D eigenvalue weighted by Gasteiger charge is 2.44. The molecule has 5 nitrogen and oxygen atoms in total. The Balaban J connectivity index is 1.35. The van der Waals surface area contributed by atoms with Crippen LogP contribution in [0.2, 0.25) is 0 Å². The van der Waals surface area contributed by atoms with Crippen molar-refractivity contribution in [3.63, 3.8) is 0 Å². The summed E-state index contributed by atoms with van der Waals surface area (Å²) in [5.74, 6) is -0.156. The number of morpholine rings is 1. The van der Waals surface area contributed by atoms with Gasteiger partial charge >= 0.3 is 0 Å². The number of carbonyl (C=O) groups excluding carboxylic acids is 1. The lowest BCUT2D eigenvalue weighted by molar-refractivity contribution is -0.188. The number of halogens is 1. The Hall–Kier alpha value is -2.28. The summed E-state index contributed by atoms with van der Waals surface area (Å²) >= 11 is 0. The van der Waals surface area contributed by atoms with E-state index in [4.69, 9.17) is 4.74 Å². The second-order valence-electron chi connectivity index (χ2n) is 9.07. The Morgan fingerprint density at radius 2 is 1.77 bits per heavy atom. The number of hydrogen-bond donors (Lipinski definition) is 0. The molecule has 2 saturated heterocycles. The van der Waals surface area contributed by atoms with Crippen LogP contribution in [0.3, 0.4) is 0 Å². The molecule has 1 spiro atoms. The van der Waals surface area contributed by atoms with Crippen molar-refractivity contribution in [2.24, 2.45) is 0 Å². The summed E-state index contributed by atoms with van der Waals surface area (Å²) in [5, 5.41) is 0. The molecule has 0 aromatic heterocycles. The number of benzene rings is 2. The SMILES string of the molecule is CN1CC(C(=O)N(C)Cc2ccccc2)OC2(CCN(Cc3ccc(F)cc3)CC2)C1. The van der Waals surface area contributed by atoms with Gasteiger partial charge in [-0.05, 0) is 43.1 Å². The molecule has 0 saturated carbocycles. The standard InChI is InChI=1S/C25H32FN3O2/c1-27-18-23(24(30)28(2)16-20-6-4-3-5-7-20)31-25(19-27)12-14-29(15-13-25)17-21-8-10-22(26)11-9-21/h3-11,23H,12-19H2,1-2H3. The van der Waals surface area contributed by atoms with E-state index in [1.165, 1.54) is 12.1 Å². The third-order valence-corrected chi connectivity index (χ3v) is 6.43. The number of hydrogen-bond acceptors (Lipinski definition) is 4. The Kier molecular flexibility index (Phi) is 6.70. The zero-order chi connectivity index (χ0) is 21.8. The van der Waals surface area contributed by atoms with Crippen LogP contribution in [-0.4, -0.2) is 72.6 Å². The van der Waals surface area contributed by atoms with E-state index in [0.717, 1.165) is 50.1 Å². The van der Waals surface area contributed by atoms with E-state index in [1.54, 1.807) is 4.90 Å². The van der Waals surface area contributed by atoms with Crippen LogP contribution in [-0.2, 0) is 22.6 Å². The first kappa shape index (κ1) is 21.9. The molecular formula is C25H32FN3O2. The lowest BCUT2D eigenvalue weighted by atomic mass is 9.88. The number of carbonyl (C=O) groups is 1. The summed E-state index contributed by atoms with van der Waals surface area (Å²) in [6.07, 6.45) is 1.35. The fourth-order valence-corrected chi connectivity index (χ4v) is 4.77. The Labute approximate surface area is 184 Å². The van der Waals surface area contributed by atoms with Crippen molar-refractivity contribution in [1.82, 2.24) is 14.7 Å². The highest BCUT2D eigenvalue weighted by atomic mass is 19.1. The first-order valence-electron chi connectivity index (χ1n) is 11.0. The first-order chi connectivity index (χ1) is 14.9. The van der Waals surface area contributed by atoms with E-state index in [1.807, 2.05) is 49.5 Å². The van der Waals surface area contributed by atoms with Crippen molar-refractivity contribution in [2.75, 3.05) is 40.3 Å². The summed E-state index contributed by atoms with van der Waals surface area (Å²) in [5.41, 5.74) is 1.96. The minimum absolute atomic E-state index is 0.0449. The number of amides is 1. The molecule has 0 radical (unpaired) electrons. The van der Waals surface area contributed by atoms with Crippen molar-refractivity contribution < 1.29 is 13.9 Å². The Morgan fingerprint density at radius 3 is 2.45 bits per heavy atom. The fraction of sp³-hybridized carbons (Fsp3) is 0.480. The molecule has 2 aliphatic rings. The molecule has 6 heteroatoms. The molecule has 2 heterocycles. The number of likely N-dealkylation sites (tertiary alicyclic amines) is 1. The smallest absolute Gasteiger partial charge is 0.253 e. The Bertz CT molecular complexity index is 866. The third-order valence-electron chi connectivity index (χ3n) is 6.43. The second-order valence-corrected chi connectivity index (χ2v) is 9.07. The highest BCUT2D eigenvalue weighted by Crippen LogP contribution is 2.33. The van der Waals surface area contributed by atoms with Gasteiger partial charge in [0.1, 0.15) is 11.9 Å². The molecule has 2 aliphatic heterocycles. The van der Waals surface area contributed by atoms with Crippen molar-refractivity contribution >= 4 is 5.91 Å². The van der Waals surface area contributed by atoms with E-state index in [0.29, 0.717) is 13.1 Å². The van der Waals surface area contributed by atoms with Gasteiger partial charge in [-0.25, -0.2) is 4.39 Å². The molecule has 0 aliphatic carbocycles. The van der Waals surface area contributed by atoms with Gasteiger partial charge in [0.25, 0.3) is 5.91 Å².